The van der Waals surface area contributed by atoms with E-state index in [-0.39, 0.29) is 31.1 Å². The number of unbranched alkanes of at least 4 members (excludes halogenated alkanes) is 45. The van der Waals surface area contributed by atoms with Gasteiger partial charge in [-0.1, -0.05) is 308 Å². The molecule has 0 radical (unpaired) electrons. The summed E-state index contributed by atoms with van der Waals surface area (Å²) in [4.78, 5) is 38.3. The van der Waals surface area contributed by atoms with Gasteiger partial charge in [-0.3, -0.25) is 14.4 Å². The second-order valence-corrected chi connectivity index (χ2v) is 22.7. The Morgan fingerprint density at radius 2 is 0.480 bits per heavy atom. The zero-order valence-electron chi connectivity index (χ0n) is 50.6. The van der Waals surface area contributed by atoms with Crippen molar-refractivity contribution >= 4 is 17.9 Å². The minimum Gasteiger partial charge on any atom is -0.462 e. The maximum absolute atomic E-state index is 12.9. The first kappa shape index (κ1) is 72.6. The van der Waals surface area contributed by atoms with Gasteiger partial charge in [-0.25, -0.2) is 0 Å². The van der Waals surface area contributed by atoms with Gasteiger partial charge in [-0.05, 0) is 77.0 Å². The maximum Gasteiger partial charge on any atom is 0.306 e. The van der Waals surface area contributed by atoms with Crippen molar-refractivity contribution in [3.63, 3.8) is 0 Å². The van der Waals surface area contributed by atoms with E-state index >= 15 is 0 Å². The van der Waals surface area contributed by atoms with Crippen molar-refractivity contribution in [1.29, 1.82) is 0 Å². The van der Waals surface area contributed by atoms with Crippen molar-refractivity contribution in [3.8, 4) is 0 Å². The topological polar surface area (TPSA) is 78.9 Å². The zero-order chi connectivity index (χ0) is 54.3. The minimum absolute atomic E-state index is 0.0738. The molecule has 0 aromatic heterocycles. The summed E-state index contributed by atoms with van der Waals surface area (Å²) in [5.74, 6) is -0.866. The van der Waals surface area contributed by atoms with E-state index in [9.17, 15) is 14.4 Å². The van der Waals surface area contributed by atoms with Gasteiger partial charge in [0.1, 0.15) is 13.2 Å². The molecule has 6 nitrogen and oxygen atoms in total. The highest BCUT2D eigenvalue weighted by atomic mass is 16.6. The molecule has 0 saturated carbocycles. The van der Waals surface area contributed by atoms with Gasteiger partial charge in [-0.2, -0.15) is 0 Å². The second-order valence-electron chi connectivity index (χ2n) is 22.7. The van der Waals surface area contributed by atoms with Crippen molar-refractivity contribution in [2.45, 2.75) is 374 Å². The molecule has 0 spiro atoms. The van der Waals surface area contributed by atoms with Crippen molar-refractivity contribution in [2.24, 2.45) is 0 Å². The molecule has 0 N–H and O–H groups in total. The fourth-order valence-corrected chi connectivity index (χ4v) is 10.1. The fraction of sp³-hybridized carbons (Fsp3) is 0.870. The van der Waals surface area contributed by atoms with Gasteiger partial charge >= 0.3 is 17.9 Å². The Hall–Kier alpha value is -2.37. The van der Waals surface area contributed by atoms with Crippen LogP contribution >= 0.6 is 0 Å². The molecule has 0 amide bonds. The van der Waals surface area contributed by atoms with Gasteiger partial charge in [0, 0.05) is 19.3 Å². The molecule has 0 aliphatic carbocycles. The number of carbonyl (C=O) groups is 3. The van der Waals surface area contributed by atoms with Gasteiger partial charge < -0.3 is 14.2 Å². The van der Waals surface area contributed by atoms with Crippen LogP contribution in [0.1, 0.15) is 367 Å². The summed E-state index contributed by atoms with van der Waals surface area (Å²) in [6.07, 6.45) is 78.8. The number of hydrogen-bond donors (Lipinski definition) is 0. The summed E-state index contributed by atoms with van der Waals surface area (Å²) >= 11 is 0. The summed E-state index contributed by atoms with van der Waals surface area (Å²) in [6.45, 7) is 6.67. The van der Waals surface area contributed by atoms with Gasteiger partial charge in [0.15, 0.2) is 6.10 Å². The molecule has 0 rings (SSSR count). The average molecular weight is 1050 g/mol. The molecule has 0 aliphatic heterocycles. The van der Waals surface area contributed by atoms with Crippen LogP contribution in [0.15, 0.2) is 36.5 Å². The molecule has 1 atom stereocenters. The van der Waals surface area contributed by atoms with Crippen molar-refractivity contribution in [1.82, 2.24) is 0 Å². The quantitative estimate of drug-likeness (QED) is 0.0261. The molecule has 0 aromatic carbocycles. The highest BCUT2D eigenvalue weighted by molar-refractivity contribution is 5.71. The van der Waals surface area contributed by atoms with E-state index in [0.717, 1.165) is 77.0 Å². The van der Waals surface area contributed by atoms with Crippen LogP contribution in [0.3, 0.4) is 0 Å². The number of esters is 3. The van der Waals surface area contributed by atoms with Crippen LogP contribution in [0.4, 0.5) is 0 Å². The third-order valence-electron chi connectivity index (χ3n) is 15.1. The molecule has 75 heavy (non-hydrogen) atoms. The third-order valence-corrected chi connectivity index (χ3v) is 15.1. The Morgan fingerprint density at radius 3 is 0.760 bits per heavy atom. The van der Waals surface area contributed by atoms with Crippen LogP contribution in [0.2, 0.25) is 0 Å². The van der Waals surface area contributed by atoms with Crippen LogP contribution in [0.5, 0.6) is 0 Å². The monoisotopic (exact) mass is 1050 g/mol. The van der Waals surface area contributed by atoms with Crippen LogP contribution in [0, 0.1) is 0 Å². The Balaban J connectivity index is 4.26. The van der Waals surface area contributed by atoms with E-state index in [4.69, 9.17) is 14.2 Å². The Labute approximate surface area is 467 Å². The number of rotatable bonds is 62. The zero-order valence-corrected chi connectivity index (χ0v) is 50.6. The number of ether oxygens (including phenoxy) is 3. The number of hydrogen-bond acceptors (Lipinski definition) is 6. The maximum atomic E-state index is 12.9. The fourth-order valence-electron chi connectivity index (χ4n) is 10.1. The third kappa shape index (κ3) is 62.4. The van der Waals surface area contributed by atoms with Crippen LogP contribution in [0.25, 0.3) is 0 Å². The summed E-state index contributed by atoms with van der Waals surface area (Å²) in [7, 11) is 0. The predicted octanol–water partition coefficient (Wildman–Crippen LogP) is 22.8. The molecular formula is C69H128O6. The van der Waals surface area contributed by atoms with E-state index in [1.165, 1.54) is 250 Å². The van der Waals surface area contributed by atoms with Crippen molar-refractivity contribution in [2.75, 3.05) is 13.2 Å². The standard InChI is InChI=1S/C69H128O6/c1-4-7-10-13-16-19-22-25-28-30-32-33-34-35-36-37-38-40-41-44-47-50-53-56-59-62-68(71)74-65-66(64-73-67(70)61-58-55-52-49-46-43-27-24-21-18-15-12-9-6-3)75-69(72)63-60-57-54-51-48-45-42-39-31-29-26-23-20-17-14-11-8-5-2/h20,23-24,27,29,31,66H,4-19,21-22,25-26,28,30,32-65H2,1-3H3/b23-20-,27-24-,31-29-. The molecule has 0 heterocycles. The lowest BCUT2D eigenvalue weighted by atomic mass is 10.0. The van der Waals surface area contributed by atoms with Gasteiger partial charge in [0.2, 0.25) is 0 Å². The van der Waals surface area contributed by atoms with Crippen LogP contribution in [-0.4, -0.2) is 37.2 Å². The molecule has 6 heteroatoms. The van der Waals surface area contributed by atoms with Crippen LogP contribution < -0.4 is 0 Å². The Morgan fingerprint density at radius 1 is 0.267 bits per heavy atom. The first-order valence-corrected chi connectivity index (χ1v) is 33.5. The molecule has 1 unspecified atom stereocenters. The first-order valence-electron chi connectivity index (χ1n) is 33.5. The van der Waals surface area contributed by atoms with E-state index in [1.807, 2.05) is 0 Å². The number of allylic oxidation sites excluding steroid dienone is 6. The smallest absolute Gasteiger partial charge is 0.306 e. The van der Waals surface area contributed by atoms with Crippen molar-refractivity contribution < 1.29 is 28.6 Å². The number of carbonyl (C=O) groups excluding carboxylic acids is 3. The molecule has 440 valence electrons. The summed E-state index contributed by atoms with van der Waals surface area (Å²) < 4.78 is 16.9. The Bertz CT molecular complexity index is 1250. The molecule has 0 aromatic rings. The lowest BCUT2D eigenvalue weighted by Gasteiger charge is -2.18. The van der Waals surface area contributed by atoms with Crippen LogP contribution in [-0.2, 0) is 28.6 Å². The van der Waals surface area contributed by atoms with Crippen molar-refractivity contribution in [3.05, 3.63) is 36.5 Å². The summed E-state index contributed by atoms with van der Waals surface area (Å²) in [5.41, 5.74) is 0. The highest BCUT2D eigenvalue weighted by Gasteiger charge is 2.19. The molecular weight excluding hydrogens is 925 g/mol. The van der Waals surface area contributed by atoms with E-state index < -0.39 is 6.10 Å². The Kier molecular flexibility index (Phi) is 62.1. The van der Waals surface area contributed by atoms with E-state index in [1.54, 1.807) is 0 Å². The normalized spacial score (nSPS) is 12.2. The summed E-state index contributed by atoms with van der Waals surface area (Å²) in [6, 6.07) is 0. The lowest BCUT2D eigenvalue weighted by Crippen LogP contribution is -2.30. The highest BCUT2D eigenvalue weighted by Crippen LogP contribution is 2.18. The SMILES string of the molecule is CCCCCC/C=C\C/C=C\CCCCCCCCCC(=O)OC(COC(=O)CCCCCCC/C=C\CCCCCCC)COC(=O)CCCCCCCCCCCCCCCCCCCCCCCCCCC. The largest absolute Gasteiger partial charge is 0.462 e. The average Bonchev–Trinajstić information content (AvgIpc) is 3.41. The predicted molar refractivity (Wildman–Crippen MR) is 326 cm³/mol. The molecule has 0 bridgehead atoms. The lowest BCUT2D eigenvalue weighted by molar-refractivity contribution is -0.167. The van der Waals surface area contributed by atoms with E-state index in [0.29, 0.717) is 19.3 Å². The summed E-state index contributed by atoms with van der Waals surface area (Å²) in [5, 5.41) is 0. The minimum atomic E-state index is -0.778. The molecule has 0 fully saturated rings. The molecule has 0 saturated heterocycles. The van der Waals surface area contributed by atoms with Gasteiger partial charge in [0.05, 0.1) is 0 Å². The second kappa shape index (κ2) is 64.2. The van der Waals surface area contributed by atoms with Gasteiger partial charge in [-0.15, -0.1) is 0 Å². The molecule has 0 aliphatic rings. The first-order chi connectivity index (χ1) is 37.0. The van der Waals surface area contributed by atoms with E-state index in [2.05, 4.69) is 57.2 Å². The van der Waals surface area contributed by atoms with Gasteiger partial charge in [0.25, 0.3) is 0 Å².